The Labute approximate surface area is 102 Å². The van der Waals surface area contributed by atoms with E-state index in [9.17, 15) is 4.79 Å². The number of nitrogens with one attached hydrogen (secondary N) is 1. The topological polar surface area (TPSA) is 72.8 Å². The lowest BCUT2D eigenvalue weighted by atomic mass is 10.2. The van der Waals surface area contributed by atoms with Crippen LogP contribution in [-0.4, -0.2) is 19.7 Å². The summed E-state index contributed by atoms with van der Waals surface area (Å²) in [6, 6.07) is 7.44. The Kier molecular flexibility index (Phi) is 2.33. The van der Waals surface area contributed by atoms with Crippen molar-refractivity contribution in [1.82, 2.24) is 19.7 Å². The van der Waals surface area contributed by atoms with Crippen LogP contribution in [0.3, 0.4) is 0 Å². The zero-order valence-corrected chi connectivity index (χ0v) is 9.62. The van der Waals surface area contributed by atoms with Gasteiger partial charge in [-0.05, 0) is 18.6 Å². The van der Waals surface area contributed by atoms with Gasteiger partial charge in [0.05, 0.1) is 6.33 Å². The number of hydrogen-bond donors (Lipinski definition) is 1. The van der Waals surface area contributed by atoms with Crippen LogP contribution in [-0.2, 0) is 0 Å². The lowest BCUT2D eigenvalue weighted by molar-refractivity contribution is 0.201. The summed E-state index contributed by atoms with van der Waals surface area (Å²) in [6.07, 6.45) is 2.75. The minimum atomic E-state index is -0.319. The minimum absolute atomic E-state index is 0.319. The highest BCUT2D eigenvalue weighted by atomic mass is 16.7. The molecule has 6 nitrogen and oxygen atoms in total. The first-order chi connectivity index (χ1) is 8.75. The fourth-order valence-electron chi connectivity index (χ4n) is 1.64. The summed E-state index contributed by atoms with van der Waals surface area (Å²) in [4.78, 5) is 28.2. The molecule has 0 saturated heterocycles. The molecule has 0 spiro atoms. The number of H-pyrrole nitrogens is 1. The summed E-state index contributed by atoms with van der Waals surface area (Å²) < 4.78 is 1.09. The van der Waals surface area contributed by atoms with E-state index in [1.807, 2.05) is 25.1 Å². The van der Waals surface area contributed by atoms with Crippen molar-refractivity contribution in [1.29, 1.82) is 0 Å². The number of imidazole rings is 1. The average molecular weight is 242 g/mol. The number of aryl methyl sites for hydroxylation is 1. The summed E-state index contributed by atoms with van der Waals surface area (Å²) in [5.74, 6) is 0.611. The molecular weight excluding hydrogens is 232 g/mol. The van der Waals surface area contributed by atoms with Crippen molar-refractivity contribution in [2.45, 2.75) is 6.92 Å². The van der Waals surface area contributed by atoms with E-state index in [4.69, 9.17) is 4.84 Å². The molecule has 0 aliphatic carbocycles. The molecule has 0 bridgehead atoms. The summed E-state index contributed by atoms with van der Waals surface area (Å²) in [7, 11) is 0. The molecule has 3 aromatic rings. The molecule has 1 N–H and O–H groups in total. The highest BCUT2D eigenvalue weighted by molar-refractivity contribution is 5.67. The minimum Gasteiger partial charge on any atom is -0.370 e. The summed E-state index contributed by atoms with van der Waals surface area (Å²) in [5.41, 5.74) is 1.32. The van der Waals surface area contributed by atoms with Crippen LogP contribution in [0.4, 0.5) is 0 Å². The largest absolute Gasteiger partial charge is 0.370 e. The molecule has 0 amide bonds. The molecule has 6 heteroatoms. The quantitative estimate of drug-likeness (QED) is 0.734. The molecule has 0 aliphatic rings. The number of para-hydroxylation sites is 1. The van der Waals surface area contributed by atoms with Gasteiger partial charge in [0.25, 0.3) is 0 Å². The summed E-state index contributed by atoms with van der Waals surface area (Å²) >= 11 is 0. The third-order valence-corrected chi connectivity index (χ3v) is 2.61. The zero-order valence-electron chi connectivity index (χ0n) is 9.62. The predicted octanol–water partition coefficient (Wildman–Crippen LogP) is 1.27. The average Bonchev–Trinajstić information content (AvgIpc) is 2.84. The van der Waals surface area contributed by atoms with Crippen LogP contribution in [0.5, 0.6) is 5.75 Å². The number of hydrogen-bond acceptors (Lipinski definition) is 4. The van der Waals surface area contributed by atoms with Gasteiger partial charge >= 0.3 is 5.56 Å². The molecule has 0 radical (unpaired) electrons. The second-order valence-electron chi connectivity index (χ2n) is 3.83. The molecule has 0 saturated carbocycles. The SMILES string of the molecule is Cc1ccccc1On1cnc2nc[nH]c2c1=O. The number of aromatic nitrogens is 4. The molecule has 2 aromatic heterocycles. The maximum atomic E-state index is 12.0. The van der Waals surface area contributed by atoms with E-state index in [-0.39, 0.29) is 5.56 Å². The molecule has 0 aliphatic heterocycles. The normalized spacial score (nSPS) is 10.7. The van der Waals surface area contributed by atoms with Gasteiger partial charge in [0.2, 0.25) is 0 Å². The molecule has 0 atom stereocenters. The van der Waals surface area contributed by atoms with Crippen molar-refractivity contribution in [2.24, 2.45) is 0 Å². The van der Waals surface area contributed by atoms with Crippen molar-refractivity contribution in [2.75, 3.05) is 0 Å². The molecule has 0 fully saturated rings. The third kappa shape index (κ3) is 1.64. The first kappa shape index (κ1) is 10.5. The molecular formula is C12H10N4O2. The van der Waals surface area contributed by atoms with Gasteiger partial charge in [0.15, 0.2) is 16.9 Å². The van der Waals surface area contributed by atoms with Crippen LogP contribution in [0, 0.1) is 6.92 Å². The number of rotatable bonds is 2. The number of nitrogens with zero attached hydrogens (tertiary/aromatic N) is 3. The van der Waals surface area contributed by atoms with E-state index in [0.29, 0.717) is 16.9 Å². The molecule has 18 heavy (non-hydrogen) atoms. The molecule has 0 unspecified atom stereocenters. The fourth-order valence-corrected chi connectivity index (χ4v) is 1.64. The maximum absolute atomic E-state index is 12.0. The second-order valence-corrected chi connectivity index (χ2v) is 3.83. The summed E-state index contributed by atoms with van der Waals surface area (Å²) in [5, 5.41) is 0. The van der Waals surface area contributed by atoms with Gasteiger partial charge in [-0.3, -0.25) is 4.79 Å². The third-order valence-electron chi connectivity index (χ3n) is 2.61. The van der Waals surface area contributed by atoms with Crippen LogP contribution >= 0.6 is 0 Å². The zero-order chi connectivity index (χ0) is 12.5. The van der Waals surface area contributed by atoms with Crippen LogP contribution in [0.15, 0.2) is 41.7 Å². The Morgan fingerprint density at radius 1 is 1.28 bits per heavy atom. The summed E-state index contributed by atoms with van der Waals surface area (Å²) in [6.45, 7) is 1.91. The van der Waals surface area contributed by atoms with Crippen molar-refractivity contribution < 1.29 is 4.84 Å². The Hall–Kier alpha value is -2.63. The maximum Gasteiger partial charge on any atom is 0.312 e. The van der Waals surface area contributed by atoms with Crippen LogP contribution < -0.4 is 10.4 Å². The van der Waals surface area contributed by atoms with E-state index in [2.05, 4.69) is 15.0 Å². The van der Waals surface area contributed by atoms with Crippen molar-refractivity contribution in [3.8, 4) is 5.75 Å². The molecule has 2 heterocycles. The first-order valence-electron chi connectivity index (χ1n) is 5.40. The van der Waals surface area contributed by atoms with Gasteiger partial charge in [0, 0.05) is 0 Å². The smallest absolute Gasteiger partial charge is 0.312 e. The highest BCUT2D eigenvalue weighted by Gasteiger charge is 2.08. The molecule has 1 aromatic carbocycles. The highest BCUT2D eigenvalue weighted by Crippen LogP contribution is 2.16. The monoisotopic (exact) mass is 242 g/mol. The van der Waals surface area contributed by atoms with Crippen molar-refractivity contribution in [3.63, 3.8) is 0 Å². The van der Waals surface area contributed by atoms with Gasteiger partial charge in [-0.25, -0.2) is 9.97 Å². The van der Waals surface area contributed by atoms with Gasteiger partial charge in [0.1, 0.15) is 6.33 Å². The fraction of sp³-hybridized carbons (Fsp3) is 0.0833. The molecule has 90 valence electrons. The van der Waals surface area contributed by atoms with E-state index in [1.165, 1.54) is 12.7 Å². The van der Waals surface area contributed by atoms with E-state index in [0.717, 1.165) is 10.3 Å². The van der Waals surface area contributed by atoms with Gasteiger partial charge in [-0.15, -0.1) is 4.73 Å². The van der Waals surface area contributed by atoms with Gasteiger partial charge in [-0.2, -0.15) is 0 Å². The standard InChI is InChI=1S/C12H10N4O2/c1-8-4-2-3-5-9(8)18-16-7-15-11-10(12(16)17)13-6-14-11/h2-7H,1H3,(H,13,14). The van der Waals surface area contributed by atoms with Crippen molar-refractivity contribution >= 4 is 11.2 Å². The Morgan fingerprint density at radius 2 is 2.11 bits per heavy atom. The van der Waals surface area contributed by atoms with Gasteiger partial charge < -0.3 is 9.82 Å². The van der Waals surface area contributed by atoms with Crippen molar-refractivity contribution in [3.05, 3.63) is 52.8 Å². The lowest BCUT2D eigenvalue weighted by Crippen LogP contribution is -2.24. The Morgan fingerprint density at radius 3 is 2.94 bits per heavy atom. The van der Waals surface area contributed by atoms with Gasteiger partial charge in [-0.1, -0.05) is 18.2 Å². The van der Waals surface area contributed by atoms with Crippen LogP contribution in [0.2, 0.25) is 0 Å². The molecule has 3 rings (SSSR count). The van der Waals surface area contributed by atoms with E-state index in [1.54, 1.807) is 6.07 Å². The Bertz CT molecular complexity index is 760. The van der Waals surface area contributed by atoms with E-state index >= 15 is 0 Å². The van der Waals surface area contributed by atoms with E-state index < -0.39 is 0 Å². The number of aromatic amines is 1. The number of fused-ring (bicyclic) bond motifs is 1. The van der Waals surface area contributed by atoms with Crippen LogP contribution in [0.25, 0.3) is 11.2 Å². The second kappa shape index (κ2) is 3.99. The predicted molar refractivity (Wildman–Crippen MR) is 65.4 cm³/mol. The number of benzene rings is 1. The lowest BCUT2D eigenvalue weighted by Gasteiger charge is -2.08. The Balaban J connectivity index is 2.08. The van der Waals surface area contributed by atoms with Crippen LogP contribution in [0.1, 0.15) is 5.56 Å². The first-order valence-corrected chi connectivity index (χ1v) is 5.40.